The van der Waals surface area contributed by atoms with Gasteiger partial charge in [-0.1, -0.05) is 37.6 Å². The molecule has 152 valence electrons. The molecule has 0 aromatic heterocycles. The Balaban J connectivity index is 2.26. The number of sulfonamides is 1. The van der Waals surface area contributed by atoms with Gasteiger partial charge >= 0.3 is 0 Å². The van der Waals surface area contributed by atoms with Crippen LogP contribution in [0.5, 0.6) is 0 Å². The number of anilines is 1. The smallest absolute Gasteiger partial charge is 0.293 e. The molecule has 0 aliphatic rings. The lowest BCUT2D eigenvalue weighted by Crippen LogP contribution is -2.30. The Morgan fingerprint density at radius 3 is 2.32 bits per heavy atom. The summed E-state index contributed by atoms with van der Waals surface area (Å²) in [4.78, 5) is 10.6. The standard InChI is InChI=1S/C18H22ClN3O5S/c1-3-21(4-2)28(26,27)15-9-10-16(17(11-15)22(24)25)20-12-18(23)13-5-7-14(19)8-6-13/h5-11,18,20,23H,3-4,12H2,1-2H3. The van der Waals surface area contributed by atoms with Crippen LogP contribution >= 0.6 is 11.6 Å². The Morgan fingerprint density at radius 2 is 1.79 bits per heavy atom. The molecule has 10 heteroatoms. The number of aliphatic hydroxyl groups is 1. The normalized spacial score (nSPS) is 12.8. The first-order chi connectivity index (χ1) is 13.2. The molecule has 0 saturated heterocycles. The molecule has 0 fully saturated rings. The van der Waals surface area contributed by atoms with Crippen molar-refractivity contribution in [2.24, 2.45) is 0 Å². The molecule has 0 saturated carbocycles. The van der Waals surface area contributed by atoms with Crippen LogP contribution in [0.4, 0.5) is 11.4 Å². The second-order valence-electron chi connectivity index (χ2n) is 5.97. The van der Waals surface area contributed by atoms with Gasteiger partial charge in [0.25, 0.3) is 5.69 Å². The van der Waals surface area contributed by atoms with Gasteiger partial charge in [-0.3, -0.25) is 10.1 Å². The first-order valence-corrected chi connectivity index (χ1v) is 10.5. The summed E-state index contributed by atoms with van der Waals surface area (Å²) in [5.41, 5.74) is 0.341. The summed E-state index contributed by atoms with van der Waals surface area (Å²) in [5, 5.41) is 25.0. The van der Waals surface area contributed by atoms with Gasteiger partial charge in [-0.25, -0.2) is 8.42 Å². The van der Waals surface area contributed by atoms with Crippen molar-refractivity contribution < 1.29 is 18.4 Å². The number of halogens is 1. The Morgan fingerprint density at radius 1 is 1.18 bits per heavy atom. The van der Waals surface area contributed by atoms with Crippen molar-refractivity contribution in [1.82, 2.24) is 4.31 Å². The van der Waals surface area contributed by atoms with E-state index in [0.717, 1.165) is 6.07 Å². The highest BCUT2D eigenvalue weighted by atomic mass is 35.5. The van der Waals surface area contributed by atoms with Crippen molar-refractivity contribution in [1.29, 1.82) is 0 Å². The fourth-order valence-electron chi connectivity index (χ4n) is 2.69. The maximum absolute atomic E-state index is 12.6. The lowest BCUT2D eigenvalue weighted by molar-refractivity contribution is -0.384. The molecule has 28 heavy (non-hydrogen) atoms. The maximum atomic E-state index is 12.6. The van der Waals surface area contributed by atoms with E-state index in [2.05, 4.69) is 5.32 Å². The van der Waals surface area contributed by atoms with Gasteiger partial charge in [0, 0.05) is 30.7 Å². The van der Waals surface area contributed by atoms with Crippen LogP contribution in [0.3, 0.4) is 0 Å². The summed E-state index contributed by atoms with van der Waals surface area (Å²) in [5.74, 6) is 0. The number of hydrogen-bond acceptors (Lipinski definition) is 6. The molecule has 2 N–H and O–H groups in total. The second-order valence-corrected chi connectivity index (χ2v) is 8.35. The Bertz CT molecular complexity index is 931. The molecule has 8 nitrogen and oxygen atoms in total. The Labute approximate surface area is 168 Å². The molecule has 0 aliphatic heterocycles. The molecular formula is C18H22ClN3O5S. The summed E-state index contributed by atoms with van der Waals surface area (Å²) >= 11 is 5.81. The summed E-state index contributed by atoms with van der Waals surface area (Å²) in [6, 6.07) is 10.3. The Hall–Kier alpha value is -2.20. The number of rotatable bonds is 9. The third-order valence-corrected chi connectivity index (χ3v) is 6.55. The zero-order valence-electron chi connectivity index (χ0n) is 15.5. The number of benzene rings is 2. The van der Waals surface area contributed by atoms with Gasteiger partial charge in [-0.05, 0) is 29.8 Å². The van der Waals surface area contributed by atoms with Gasteiger partial charge in [0.05, 0.1) is 15.9 Å². The largest absolute Gasteiger partial charge is 0.387 e. The fraction of sp³-hybridized carbons (Fsp3) is 0.333. The van der Waals surface area contributed by atoms with E-state index in [4.69, 9.17) is 11.6 Å². The third-order valence-electron chi connectivity index (χ3n) is 4.25. The molecule has 1 atom stereocenters. The van der Waals surface area contributed by atoms with Crippen molar-refractivity contribution in [3.05, 3.63) is 63.2 Å². The molecule has 0 amide bonds. The molecule has 2 rings (SSSR count). The number of nitrogens with zero attached hydrogens (tertiary/aromatic N) is 2. The van der Waals surface area contributed by atoms with Gasteiger partial charge in [-0.15, -0.1) is 0 Å². The molecule has 0 radical (unpaired) electrons. The zero-order valence-corrected chi connectivity index (χ0v) is 17.1. The van der Waals surface area contributed by atoms with Crippen LogP contribution in [0, 0.1) is 10.1 Å². The average Bonchev–Trinajstić information content (AvgIpc) is 2.67. The topological polar surface area (TPSA) is 113 Å². The van der Waals surface area contributed by atoms with Crippen LogP contribution in [0.15, 0.2) is 47.4 Å². The predicted molar refractivity (Wildman–Crippen MR) is 108 cm³/mol. The van der Waals surface area contributed by atoms with Crippen LogP contribution in [-0.2, 0) is 10.0 Å². The monoisotopic (exact) mass is 427 g/mol. The first-order valence-electron chi connectivity index (χ1n) is 8.66. The van der Waals surface area contributed by atoms with Crippen LogP contribution in [-0.4, -0.2) is 42.4 Å². The van der Waals surface area contributed by atoms with Crippen LogP contribution < -0.4 is 5.32 Å². The molecule has 1 unspecified atom stereocenters. The summed E-state index contributed by atoms with van der Waals surface area (Å²) < 4.78 is 26.4. The van der Waals surface area contributed by atoms with Crippen molar-refractivity contribution in [2.45, 2.75) is 24.8 Å². The van der Waals surface area contributed by atoms with Crippen molar-refractivity contribution in [3.63, 3.8) is 0 Å². The van der Waals surface area contributed by atoms with Crippen LogP contribution in [0.25, 0.3) is 0 Å². The number of nitro benzene ring substituents is 1. The fourth-order valence-corrected chi connectivity index (χ4v) is 4.30. The van der Waals surface area contributed by atoms with Gasteiger partial charge in [0.2, 0.25) is 10.0 Å². The number of hydrogen-bond donors (Lipinski definition) is 2. The molecule has 2 aromatic rings. The average molecular weight is 428 g/mol. The highest BCUT2D eigenvalue weighted by molar-refractivity contribution is 7.89. The minimum atomic E-state index is -3.81. The highest BCUT2D eigenvalue weighted by Gasteiger charge is 2.25. The maximum Gasteiger partial charge on any atom is 0.293 e. The van der Waals surface area contributed by atoms with E-state index in [1.165, 1.54) is 16.4 Å². The summed E-state index contributed by atoms with van der Waals surface area (Å²) in [6.07, 6.45) is -0.920. The zero-order chi connectivity index (χ0) is 20.9. The van der Waals surface area contributed by atoms with E-state index in [1.54, 1.807) is 38.1 Å². The number of aliphatic hydroxyl groups excluding tert-OH is 1. The molecule has 0 spiro atoms. The SMILES string of the molecule is CCN(CC)S(=O)(=O)c1ccc(NCC(O)c2ccc(Cl)cc2)c([N+](=O)[O-])c1. The van der Waals surface area contributed by atoms with Crippen molar-refractivity contribution in [3.8, 4) is 0 Å². The Kier molecular flexibility index (Phi) is 7.36. The van der Waals surface area contributed by atoms with E-state index < -0.39 is 21.1 Å². The van der Waals surface area contributed by atoms with Gasteiger partial charge in [0.15, 0.2) is 0 Å². The minimum Gasteiger partial charge on any atom is -0.387 e. The third kappa shape index (κ3) is 4.99. The summed E-state index contributed by atoms with van der Waals surface area (Å²) in [6.45, 7) is 3.93. The molecule has 0 aliphatic carbocycles. The first kappa shape index (κ1) is 22.1. The van der Waals surface area contributed by atoms with Gasteiger partial charge in [0.1, 0.15) is 5.69 Å². The minimum absolute atomic E-state index is 0.00458. The van der Waals surface area contributed by atoms with Crippen LogP contribution in [0.2, 0.25) is 5.02 Å². The van der Waals surface area contributed by atoms with Crippen LogP contribution in [0.1, 0.15) is 25.5 Å². The highest BCUT2D eigenvalue weighted by Crippen LogP contribution is 2.29. The lowest BCUT2D eigenvalue weighted by Gasteiger charge is -2.19. The van der Waals surface area contributed by atoms with Gasteiger partial charge in [-0.2, -0.15) is 4.31 Å². The summed E-state index contributed by atoms with van der Waals surface area (Å²) in [7, 11) is -3.81. The van der Waals surface area contributed by atoms with E-state index in [-0.39, 0.29) is 35.9 Å². The van der Waals surface area contributed by atoms with E-state index in [9.17, 15) is 23.6 Å². The number of nitro groups is 1. The van der Waals surface area contributed by atoms with E-state index in [1.807, 2.05) is 0 Å². The van der Waals surface area contributed by atoms with Crippen molar-refractivity contribution in [2.75, 3.05) is 25.0 Å². The lowest BCUT2D eigenvalue weighted by atomic mass is 10.1. The predicted octanol–water partition coefficient (Wildman–Crippen LogP) is 3.42. The van der Waals surface area contributed by atoms with E-state index >= 15 is 0 Å². The molecule has 0 heterocycles. The number of nitrogens with one attached hydrogen (secondary N) is 1. The van der Waals surface area contributed by atoms with E-state index in [0.29, 0.717) is 10.6 Å². The van der Waals surface area contributed by atoms with Crippen molar-refractivity contribution >= 4 is 33.0 Å². The molecule has 0 bridgehead atoms. The molecule has 2 aromatic carbocycles. The van der Waals surface area contributed by atoms with Gasteiger partial charge < -0.3 is 10.4 Å². The quantitative estimate of drug-likeness (QED) is 0.468. The molecular weight excluding hydrogens is 406 g/mol. The second kappa shape index (κ2) is 9.33.